The van der Waals surface area contributed by atoms with Crippen LogP contribution in [0.25, 0.3) is 11.0 Å². The molecule has 6 nitrogen and oxygen atoms in total. The maximum Gasteiger partial charge on any atom is 0.229 e. The standard InChI is InChI=1S/C11H17N5O/c1-6(2)7(3)17-10-8-5-13-16-9(8)14-11(12-4)15-10/h5-7H,1-4H3,(H2,12,13,14,15,16). The molecule has 2 heterocycles. The Morgan fingerprint density at radius 1 is 1.29 bits per heavy atom. The van der Waals surface area contributed by atoms with Crippen LogP contribution >= 0.6 is 0 Å². The smallest absolute Gasteiger partial charge is 0.229 e. The van der Waals surface area contributed by atoms with Crippen molar-refractivity contribution in [2.24, 2.45) is 5.92 Å². The van der Waals surface area contributed by atoms with Crippen molar-refractivity contribution in [1.82, 2.24) is 20.2 Å². The van der Waals surface area contributed by atoms with Gasteiger partial charge in [-0.25, -0.2) is 0 Å². The second kappa shape index (κ2) is 4.57. The number of aromatic nitrogens is 4. The van der Waals surface area contributed by atoms with E-state index in [-0.39, 0.29) is 6.10 Å². The maximum absolute atomic E-state index is 5.84. The fraction of sp³-hybridized carbons (Fsp3) is 0.545. The van der Waals surface area contributed by atoms with Crippen LogP contribution < -0.4 is 10.1 Å². The minimum Gasteiger partial charge on any atom is -0.474 e. The molecule has 2 aromatic heterocycles. The Kier molecular flexibility index (Phi) is 3.12. The zero-order chi connectivity index (χ0) is 12.4. The molecule has 92 valence electrons. The summed E-state index contributed by atoms with van der Waals surface area (Å²) in [6.07, 6.45) is 1.77. The summed E-state index contributed by atoms with van der Waals surface area (Å²) in [6, 6.07) is 0. The van der Waals surface area contributed by atoms with Crippen LogP contribution in [0.5, 0.6) is 5.88 Å². The molecule has 0 fully saturated rings. The second-order valence-electron chi connectivity index (χ2n) is 4.30. The third-order valence-electron chi connectivity index (χ3n) is 2.73. The molecular formula is C11H17N5O. The summed E-state index contributed by atoms with van der Waals surface area (Å²) in [7, 11) is 1.77. The summed E-state index contributed by atoms with van der Waals surface area (Å²) in [6.45, 7) is 6.24. The Hall–Kier alpha value is -1.85. The number of H-pyrrole nitrogens is 1. The van der Waals surface area contributed by atoms with Crippen molar-refractivity contribution in [2.45, 2.75) is 26.9 Å². The highest BCUT2D eigenvalue weighted by molar-refractivity contribution is 5.80. The number of hydrogen-bond acceptors (Lipinski definition) is 5. The van der Waals surface area contributed by atoms with Crippen LogP contribution in [0, 0.1) is 5.92 Å². The Bertz CT molecular complexity index is 508. The van der Waals surface area contributed by atoms with Gasteiger partial charge in [-0.3, -0.25) is 5.10 Å². The lowest BCUT2D eigenvalue weighted by molar-refractivity contribution is 0.166. The van der Waals surface area contributed by atoms with E-state index in [1.165, 1.54) is 0 Å². The largest absolute Gasteiger partial charge is 0.474 e. The molecule has 0 aliphatic heterocycles. The number of aromatic amines is 1. The van der Waals surface area contributed by atoms with Crippen molar-refractivity contribution < 1.29 is 4.74 Å². The van der Waals surface area contributed by atoms with Gasteiger partial charge in [0.25, 0.3) is 0 Å². The number of nitrogens with zero attached hydrogens (tertiary/aromatic N) is 3. The van der Waals surface area contributed by atoms with Gasteiger partial charge in [0.1, 0.15) is 5.39 Å². The number of fused-ring (bicyclic) bond motifs is 1. The Morgan fingerprint density at radius 2 is 2.06 bits per heavy atom. The first-order valence-electron chi connectivity index (χ1n) is 5.67. The summed E-state index contributed by atoms with van der Waals surface area (Å²) in [5.41, 5.74) is 0.676. The fourth-order valence-corrected chi connectivity index (χ4v) is 1.32. The average Bonchev–Trinajstić information content (AvgIpc) is 2.76. The van der Waals surface area contributed by atoms with Gasteiger partial charge in [0, 0.05) is 7.05 Å². The van der Waals surface area contributed by atoms with Crippen LogP contribution in [0.15, 0.2) is 6.20 Å². The van der Waals surface area contributed by atoms with Crippen molar-refractivity contribution >= 4 is 17.0 Å². The summed E-state index contributed by atoms with van der Waals surface area (Å²) < 4.78 is 5.84. The van der Waals surface area contributed by atoms with Crippen molar-refractivity contribution in [3.63, 3.8) is 0 Å². The first kappa shape index (κ1) is 11.6. The Morgan fingerprint density at radius 3 is 2.71 bits per heavy atom. The average molecular weight is 235 g/mol. The molecule has 0 amide bonds. The highest BCUT2D eigenvalue weighted by Gasteiger charge is 2.15. The molecule has 0 aromatic carbocycles. The van der Waals surface area contributed by atoms with Crippen LogP contribution in [0.1, 0.15) is 20.8 Å². The van der Waals surface area contributed by atoms with Crippen molar-refractivity contribution in [3.05, 3.63) is 6.20 Å². The predicted octanol–water partition coefficient (Wildman–Crippen LogP) is 1.82. The van der Waals surface area contributed by atoms with E-state index in [0.717, 1.165) is 5.39 Å². The summed E-state index contributed by atoms with van der Waals surface area (Å²) in [4.78, 5) is 8.56. The van der Waals surface area contributed by atoms with E-state index in [1.807, 2.05) is 6.92 Å². The van der Waals surface area contributed by atoms with E-state index in [1.54, 1.807) is 13.2 Å². The molecule has 2 N–H and O–H groups in total. The van der Waals surface area contributed by atoms with Gasteiger partial charge in [-0.05, 0) is 12.8 Å². The van der Waals surface area contributed by atoms with Crippen LogP contribution in [0.2, 0.25) is 0 Å². The Labute approximate surface area is 99.8 Å². The minimum atomic E-state index is 0.0905. The molecule has 0 aliphatic rings. The van der Waals surface area contributed by atoms with Gasteiger partial charge < -0.3 is 10.1 Å². The minimum absolute atomic E-state index is 0.0905. The highest BCUT2D eigenvalue weighted by atomic mass is 16.5. The molecule has 0 saturated heterocycles. The monoisotopic (exact) mass is 235 g/mol. The molecule has 17 heavy (non-hydrogen) atoms. The van der Waals surface area contributed by atoms with Crippen molar-refractivity contribution in [2.75, 3.05) is 12.4 Å². The quantitative estimate of drug-likeness (QED) is 0.845. The van der Waals surface area contributed by atoms with Crippen LogP contribution in [0.3, 0.4) is 0 Å². The maximum atomic E-state index is 5.84. The zero-order valence-corrected chi connectivity index (χ0v) is 10.5. The number of rotatable bonds is 4. The molecule has 0 saturated carbocycles. The third kappa shape index (κ3) is 2.30. The van der Waals surface area contributed by atoms with E-state index in [2.05, 4.69) is 39.3 Å². The molecule has 6 heteroatoms. The van der Waals surface area contributed by atoms with Gasteiger partial charge in [-0.1, -0.05) is 13.8 Å². The highest BCUT2D eigenvalue weighted by Crippen LogP contribution is 2.24. The molecule has 0 aliphatic carbocycles. The number of ether oxygens (including phenoxy) is 1. The van der Waals surface area contributed by atoms with Gasteiger partial charge in [0.2, 0.25) is 11.8 Å². The predicted molar refractivity (Wildman–Crippen MR) is 66.2 cm³/mol. The van der Waals surface area contributed by atoms with E-state index in [0.29, 0.717) is 23.4 Å². The molecule has 2 rings (SSSR count). The molecule has 0 spiro atoms. The first-order chi connectivity index (χ1) is 8.11. The van der Waals surface area contributed by atoms with Gasteiger partial charge in [0.15, 0.2) is 5.65 Å². The Balaban J connectivity index is 2.40. The molecule has 0 bridgehead atoms. The van der Waals surface area contributed by atoms with Crippen LogP contribution in [0.4, 0.5) is 5.95 Å². The second-order valence-corrected chi connectivity index (χ2v) is 4.30. The molecule has 2 aromatic rings. The lowest BCUT2D eigenvalue weighted by Gasteiger charge is -2.17. The van der Waals surface area contributed by atoms with Crippen LogP contribution in [-0.4, -0.2) is 33.3 Å². The van der Waals surface area contributed by atoms with Gasteiger partial charge >= 0.3 is 0 Å². The zero-order valence-electron chi connectivity index (χ0n) is 10.5. The van der Waals surface area contributed by atoms with E-state index in [9.17, 15) is 0 Å². The molecular weight excluding hydrogens is 218 g/mol. The number of hydrogen-bond donors (Lipinski definition) is 2. The van der Waals surface area contributed by atoms with Crippen molar-refractivity contribution in [3.8, 4) is 5.88 Å². The van der Waals surface area contributed by atoms with Gasteiger partial charge in [-0.15, -0.1) is 0 Å². The summed E-state index contributed by atoms with van der Waals surface area (Å²) in [5, 5.41) is 10.5. The van der Waals surface area contributed by atoms with E-state index < -0.39 is 0 Å². The van der Waals surface area contributed by atoms with Crippen LogP contribution in [-0.2, 0) is 0 Å². The van der Waals surface area contributed by atoms with E-state index >= 15 is 0 Å². The molecule has 0 radical (unpaired) electrons. The number of nitrogens with one attached hydrogen (secondary N) is 2. The molecule has 1 unspecified atom stereocenters. The first-order valence-corrected chi connectivity index (χ1v) is 5.67. The summed E-state index contributed by atoms with van der Waals surface area (Å²) >= 11 is 0. The lowest BCUT2D eigenvalue weighted by atomic mass is 10.1. The third-order valence-corrected chi connectivity index (χ3v) is 2.73. The van der Waals surface area contributed by atoms with E-state index in [4.69, 9.17) is 4.74 Å². The fourth-order valence-electron chi connectivity index (χ4n) is 1.32. The van der Waals surface area contributed by atoms with Crippen molar-refractivity contribution in [1.29, 1.82) is 0 Å². The summed E-state index contributed by atoms with van der Waals surface area (Å²) in [5.74, 6) is 1.51. The molecule has 1 atom stereocenters. The van der Waals surface area contributed by atoms with Gasteiger partial charge in [0.05, 0.1) is 12.3 Å². The SMILES string of the molecule is CNc1nc(OC(C)C(C)C)c2cn[nH]c2n1. The topological polar surface area (TPSA) is 75.7 Å². The number of anilines is 1. The normalized spacial score (nSPS) is 13.0. The van der Waals surface area contributed by atoms with Gasteiger partial charge in [-0.2, -0.15) is 15.1 Å². The lowest BCUT2D eigenvalue weighted by Crippen LogP contribution is -2.19.